The van der Waals surface area contributed by atoms with E-state index in [1.54, 1.807) is 19.1 Å². The molecule has 0 fully saturated rings. The van der Waals surface area contributed by atoms with Crippen molar-refractivity contribution < 1.29 is 14.2 Å². The van der Waals surface area contributed by atoms with Crippen LogP contribution in [0.4, 0.5) is 4.39 Å². The molecule has 90 valence electrons. The maximum absolute atomic E-state index is 13.5. The fourth-order valence-corrected chi connectivity index (χ4v) is 1.79. The van der Waals surface area contributed by atoms with Crippen LogP contribution in [0.15, 0.2) is 22.7 Å². The highest BCUT2D eigenvalue weighted by Gasteiger charge is 2.16. The Balaban J connectivity index is 2.65. The van der Waals surface area contributed by atoms with E-state index in [4.69, 9.17) is 4.74 Å². The van der Waals surface area contributed by atoms with Crippen molar-refractivity contribution in [3.05, 3.63) is 34.1 Å². The first-order valence-corrected chi connectivity index (χ1v) is 6.07. The van der Waals surface area contributed by atoms with Crippen molar-refractivity contribution >= 4 is 15.9 Å². The summed E-state index contributed by atoms with van der Waals surface area (Å²) in [6.45, 7) is 4.19. The third kappa shape index (κ3) is 3.85. The Morgan fingerprint density at radius 1 is 1.50 bits per heavy atom. The van der Waals surface area contributed by atoms with Crippen molar-refractivity contribution in [2.24, 2.45) is 0 Å². The van der Waals surface area contributed by atoms with Gasteiger partial charge in [0.2, 0.25) is 0 Å². The Bertz CT molecular complexity index is 344. The third-order valence-corrected chi connectivity index (χ3v) is 2.91. The monoisotopic (exact) mass is 290 g/mol. The quantitative estimate of drug-likeness (QED) is 0.904. The van der Waals surface area contributed by atoms with E-state index in [2.05, 4.69) is 15.9 Å². The van der Waals surface area contributed by atoms with Crippen LogP contribution in [0.2, 0.25) is 0 Å². The molecule has 2 nitrogen and oxygen atoms in total. The fraction of sp³-hybridized carbons (Fsp3) is 0.500. The van der Waals surface area contributed by atoms with Crippen molar-refractivity contribution in [3.63, 3.8) is 0 Å². The van der Waals surface area contributed by atoms with E-state index < -0.39 is 6.10 Å². The highest BCUT2D eigenvalue weighted by molar-refractivity contribution is 9.10. The Labute approximate surface area is 104 Å². The van der Waals surface area contributed by atoms with Crippen LogP contribution in [-0.4, -0.2) is 23.9 Å². The lowest BCUT2D eigenvalue weighted by Crippen LogP contribution is -2.28. The van der Waals surface area contributed by atoms with E-state index in [1.165, 1.54) is 6.07 Å². The van der Waals surface area contributed by atoms with Crippen molar-refractivity contribution in [1.29, 1.82) is 0 Å². The molecule has 0 amide bonds. The van der Waals surface area contributed by atoms with E-state index in [9.17, 15) is 9.50 Å². The molecule has 0 saturated carbocycles. The molecule has 4 heteroatoms. The van der Waals surface area contributed by atoms with Crippen LogP contribution in [0.3, 0.4) is 0 Å². The summed E-state index contributed by atoms with van der Waals surface area (Å²) in [4.78, 5) is 0. The van der Waals surface area contributed by atoms with Gasteiger partial charge in [0, 0.05) is 17.5 Å². The topological polar surface area (TPSA) is 29.5 Å². The number of ether oxygens (including phenoxy) is 1. The zero-order valence-corrected chi connectivity index (χ0v) is 11.0. The van der Waals surface area contributed by atoms with Crippen molar-refractivity contribution in [2.75, 3.05) is 6.61 Å². The van der Waals surface area contributed by atoms with E-state index in [0.29, 0.717) is 16.6 Å². The second kappa shape index (κ2) is 6.33. The first-order chi connectivity index (χ1) is 7.54. The minimum atomic E-state index is -0.685. The average molecular weight is 291 g/mol. The summed E-state index contributed by atoms with van der Waals surface area (Å²) in [7, 11) is 0. The van der Waals surface area contributed by atoms with Gasteiger partial charge in [0.15, 0.2) is 0 Å². The SMILES string of the molecule is CCOC(C)C(O)Cc1ccc(Br)cc1F. The molecule has 0 spiro atoms. The number of benzene rings is 1. The number of halogens is 2. The summed E-state index contributed by atoms with van der Waals surface area (Å²) in [5, 5.41) is 9.79. The lowest BCUT2D eigenvalue weighted by Gasteiger charge is -2.19. The first kappa shape index (κ1) is 13.6. The Morgan fingerprint density at radius 3 is 2.75 bits per heavy atom. The molecule has 0 bridgehead atoms. The minimum absolute atomic E-state index is 0.264. The van der Waals surface area contributed by atoms with Crippen LogP contribution < -0.4 is 0 Å². The molecule has 1 N–H and O–H groups in total. The molecular weight excluding hydrogens is 275 g/mol. The molecule has 16 heavy (non-hydrogen) atoms. The predicted molar refractivity (Wildman–Crippen MR) is 64.9 cm³/mol. The summed E-state index contributed by atoms with van der Waals surface area (Å²) in [6, 6.07) is 4.82. The largest absolute Gasteiger partial charge is 0.390 e. The van der Waals surface area contributed by atoms with E-state index >= 15 is 0 Å². The normalized spacial score (nSPS) is 14.8. The van der Waals surface area contributed by atoms with E-state index in [0.717, 1.165) is 0 Å². The van der Waals surface area contributed by atoms with Gasteiger partial charge >= 0.3 is 0 Å². The Morgan fingerprint density at radius 2 is 2.19 bits per heavy atom. The minimum Gasteiger partial charge on any atom is -0.390 e. The molecule has 0 aliphatic rings. The molecule has 2 atom stereocenters. The molecule has 0 radical (unpaired) electrons. The summed E-state index contributed by atoms with van der Waals surface area (Å²) in [6.07, 6.45) is -0.705. The zero-order valence-electron chi connectivity index (χ0n) is 9.41. The summed E-state index contributed by atoms with van der Waals surface area (Å²) < 4.78 is 19.4. The summed E-state index contributed by atoms with van der Waals surface area (Å²) >= 11 is 3.19. The molecule has 0 heterocycles. The molecule has 0 aliphatic carbocycles. The van der Waals surface area contributed by atoms with Gasteiger partial charge in [-0.15, -0.1) is 0 Å². The van der Waals surface area contributed by atoms with E-state index in [1.807, 2.05) is 6.92 Å². The van der Waals surface area contributed by atoms with Gasteiger partial charge < -0.3 is 9.84 Å². The van der Waals surface area contributed by atoms with Gasteiger partial charge in [-0.1, -0.05) is 22.0 Å². The van der Waals surface area contributed by atoms with Crippen molar-refractivity contribution in [1.82, 2.24) is 0 Å². The summed E-state index contributed by atoms with van der Waals surface area (Å²) in [5.74, 6) is -0.308. The standard InChI is InChI=1S/C12H16BrFO2/c1-3-16-8(2)12(15)6-9-4-5-10(13)7-11(9)14/h4-5,7-8,12,15H,3,6H2,1-2H3. The highest BCUT2D eigenvalue weighted by Crippen LogP contribution is 2.17. The zero-order chi connectivity index (χ0) is 12.1. The molecule has 0 aliphatic heterocycles. The maximum Gasteiger partial charge on any atom is 0.127 e. The molecule has 1 aromatic rings. The van der Waals surface area contributed by atoms with Gasteiger partial charge in [0.05, 0.1) is 12.2 Å². The molecule has 0 aromatic heterocycles. The van der Waals surface area contributed by atoms with Gasteiger partial charge in [-0.05, 0) is 31.5 Å². The van der Waals surface area contributed by atoms with Gasteiger partial charge in [0.1, 0.15) is 5.82 Å². The van der Waals surface area contributed by atoms with Crippen LogP contribution >= 0.6 is 15.9 Å². The Kier molecular flexibility index (Phi) is 5.38. The van der Waals surface area contributed by atoms with Gasteiger partial charge in [-0.25, -0.2) is 4.39 Å². The third-order valence-electron chi connectivity index (χ3n) is 2.42. The number of hydrogen-bond donors (Lipinski definition) is 1. The smallest absolute Gasteiger partial charge is 0.127 e. The van der Waals surface area contributed by atoms with Gasteiger partial charge in [0.25, 0.3) is 0 Å². The lowest BCUT2D eigenvalue weighted by molar-refractivity contribution is -0.0211. The number of aliphatic hydroxyl groups excluding tert-OH is 1. The molecule has 1 aromatic carbocycles. The van der Waals surface area contributed by atoms with E-state index in [-0.39, 0.29) is 18.3 Å². The predicted octanol–water partition coefficient (Wildman–Crippen LogP) is 2.92. The number of hydrogen-bond acceptors (Lipinski definition) is 2. The maximum atomic E-state index is 13.5. The molecular formula is C12H16BrFO2. The lowest BCUT2D eigenvalue weighted by atomic mass is 10.0. The second-order valence-electron chi connectivity index (χ2n) is 3.67. The van der Waals surface area contributed by atoms with Crippen LogP contribution in [0.25, 0.3) is 0 Å². The van der Waals surface area contributed by atoms with Gasteiger partial charge in [-0.2, -0.15) is 0 Å². The van der Waals surface area contributed by atoms with Crippen LogP contribution in [0.5, 0.6) is 0 Å². The van der Waals surface area contributed by atoms with Gasteiger partial charge in [-0.3, -0.25) is 0 Å². The van der Waals surface area contributed by atoms with Crippen molar-refractivity contribution in [3.8, 4) is 0 Å². The first-order valence-electron chi connectivity index (χ1n) is 5.28. The molecule has 0 saturated heterocycles. The van der Waals surface area contributed by atoms with Crippen LogP contribution in [0, 0.1) is 5.82 Å². The second-order valence-corrected chi connectivity index (χ2v) is 4.58. The average Bonchev–Trinajstić information content (AvgIpc) is 2.22. The number of aliphatic hydroxyl groups is 1. The fourth-order valence-electron chi connectivity index (χ4n) is 1.45. The summed E-state index contributed by atoms with van der Waals surface area (Å²) in [5.41, 5.74) is 0.502. The van der Waals surface area contributed by atoms with Crippen LogP contribution in [0.1, 0.15) is 19.4 Å². The van der Waals surface area contributed by atoms with Crippen LogP contribution in [-0.2, 0) is 11.2 Å². The number of rotatable bonds is 5. The van der Waals surface area contributed by atoms with Crippen molar-refractivity contribution in [2.45, 2.75) is 32.5 Å². The Hall–Kier alpha value is -0.450. The molecule has 1 rings (SSSR count). The highest BCUT2D eigenvalue weighted by atomic mass is 79.9. The molecule has 2 unspecified atom stereocenters.